The minimum absolute atomic E-state index is 0.337. The minimum Gasteiger partial charge on any atom is -0.378 e. The smallest absolute Gasteiger partial charge is 0.378 e. The Bertz CT molecular complexity index is 1420. The van der Waals surface area contributed by atoms with Gasteiger partial charge < -0.3 is 15.0 Å². The molecule has 1 saturated heterocycles. The van der Waals surface area contributed by atoms with Crippen molar-refractivity contribution in [2.45, 2.75) is 6.18 Å². The Kier molecular flexibility index (Phi) is 6.24. The van der Waals surface area contributed by atoms with Crippen LogP contribution in [-0.4, -0.2) is 42.0 Å². The number of anilines is 2. The number of fused-ring (bicyclic) bond motifs is 1. The summed E-state index contributed by atoms with van der Waals surface area (Å²) in [6.07, 6.45) is -3.21. The monoisotopic (exact) mass is 492 g/mol. The molecule has 0 saturated carbocycles. The maximum absolute atomic E-state index is 13.1. The molecule has 2 heterocycles. The molecule has 6 nitrogen and oxygen atoms in total. The van der Waals surface area contributed by atoms with Crippen LogP contribution in [0.2, 0.25) is 0 Å². The second kappa shape index (κ2) is 9.50. The molecule has 1 fully saturated rings. The molecule has 3 aromatic carbocycles. The number of ether oxygens (including phenoxy) is 1. The zero-order valence-corrected chi connectivity index (χ0v) is 19.3. The Labute approximate surface area is 205 Å². The third-order valence-corrected chi connectivity index (χ3v) is 6.05. The summed E-state index contributed by atoms with van der Waals surface area (Å²) in [4.78, 5) is 14.2. The summed E-state index contributed by atoms with van der Waals surface area (Å²) < 4.78 is 46.5. The van der Waals surface area contributed by atoms with Gasteiger partial charge in [-0.05, 0) is 42.5 Å². The summed E-state index contributed by atoms with van der Waals surface area (Å²) in [6.45, 7) is 6.13. The van der Waals surface area contributed by atoms with E-state index in [2.05, 4.69) is 16.8 Å². The topological polar surface area (TPSA) is 59.4 Å². The SMILES string of the molecule is C=CC(=O)Nc1cc(N2CCOCC2)cc(-n2nc(-c3ccc(C(F)(F)F)cc3)c3ccccc32)c1. The maximum Gasteiger partial charge on any atom is 0.416 e. The van der Waals surface area contributed by atoms with E-state index in [-0.39, 0.29) is 5.91 Å². The number of hydrogen-bond donors (Lipinski definition) is 1. The highest BCUT2D eigenvalue weighted by Gasteiger charge is 2.30. The predicted molar refractivity (Wildman–Crippen MR) is 133 cm³/mol. The van der Waals surface area contributed by atoms with E-state index in [4.69, 9.17) is 9.84 Å². The Morgan fingerprint density at radius 2 is 1.69 bits per heavy atom. The summed E-state index contributed by atoms with van der Waals surface area (Å²) in [5.41, 5.74) is 3.38. The number of nitrogens with one attached hydrogen (secondary N) is 1. The first kappa shape index (κ1) is 23.6. The average Bonchev–Trinajstić information content (AvgIpc) is 3.28. The number of aromatic nitrogens is 2. The number of alkyl halides is 3. The van der Waals surface area contributed by atoms with Gasteiger partial charge in [-0.3, -0.25) is 4.79 Å². The fraction of sp³-hybridized carbons (Fsp3) is 0.185. The molecule has 9 heteroatoms. The van der Waals surface area contributed by atoms with Gasteiger partial charge in [0.1, 0.15) is 5.69 Å². The van der Waals surface area contributed by atoms with Crippen LogP contribution in [0.1, 0.15) is 5.56 Å². The van der Waals surface area contributed by atoms with Gasteiger partial charge in [-0.1, -0.05) is 36.9 Å². The lowest BCUT2D eigenvalue weighted by atomic mass is 10.1. The van der Waals surface area contributed by atoms with Gasteiger partial charge in [-0.15, -0.1) is 0 Å². The normalized spacial score (nSPS) is 14.1. The molecule has 36 heavy (non-hydrogen) atoms. The largest absolute Gasteiger partial charge is 0.416 e. The van der Waals surface area contributed by atoms with Crippen LogP contribution >= 0.6 is 0 Å². The highest BCUT2D eigenvalue weighted by Crippen LogP contribution is 2.35. The van der Waals surface area contributed by atoms with E-state index < -0.39 is 11.7 Å². The van der Waals surface area contributed by atoms with Crippen LogP contribution in [0.3, 0.4) is 0 Å². The van der Waals surface area contributed by atoms with E-state index in [0.717, 1.165) is 28.7 Å². The van der Waals surface area contributed by atoms with Crippen molar-refractivity contribution in [1.29, 1.82) is 0 Å². The number of hydrogen-bond acceptors (Lipinski definition) is 4. The van der Waals surface area contributed by atoms with Crippen molar-refractivity contribution in [1.82, 2.24) is 9.78 Å². The van der Waals surface area contributed by atoms with Crippen LogP contribution in [0.25, 0.3) is 27.8 Å². The lowest BCUT2D eigenvalue weighted by Crippen LogP contribution is -2.36. The first-order valence-electron chi connectivity index (χ1n) is 11.4. The van der Waals surface area contributed by atoms with Crippen molar-refractivity contribution in [3.63, 3.8) is 0 Å². The molecular formula is C27H23F3N4O2. The second-order valence-electron chi connectivity index (χ2n) is 8.38. The van der Waals surface area contributed by atoms with Crippen molar-refractivity contribution in [2.24, 2.45) is 0 Å². The number of benzene rings is 3. The Morgan fingerprint density at radius 1 is 1.00 bits per heavy atom. The molecule has 0 radical (unpaired) electrons. The third-order valence-electron chi connectivity index (χ3n) is 6.05. The Balaban J connectivity index is 1.64. The molecule has 0 spiro atoms. The van der Waals surface area contributed by atoms with Gasteiger partial charge in [0.05, 0.1) is 30.0 Å². The summed E-state index contributed by atoms with van der Waals surface area (Å²) in [6, 6.07) is 18.2. The van der Waals surface area contributed by atoms with Crippen LogP contribution in [0.5, 0.6) is 0 Å². The van der Waals surface area contributed by atoms with E-state index in [1.807, 2.05) is 36.4 Å². The molecule has 0 unspecified atom stereocenters. The quantitative estimate of drug-likeness (QED) is 0.365. The number of para-hydroxylation sites is 1. The average molecular weight is 493 g/mol. The molecule has 0 bridgehead atoms. The molecule has 5 rings (SSSR count). The summed E-state index contributed by atoms with van der Waals surface area (Å²) in [5.74, 6) is -0.337. The van der Waals surface area contributed by atoms with Gasteiger partial charge in [0.15, 0.2) is 0 Å². The second-order valence-corrected chi connectivity index (χ2v) is 8.38. The minimum atomic E-state index is -4.41. The van der Waals surface area contributed by atoms with Crippen LogP contribution in [-0.2, 0) is 15.7 Å². The molecule has 4 aromatic rings. The standard InChI is InChI=1S/C27H23F3N4O2/c1-2-25(35)31-20-15-21(33-11-13-36-14-12-33)17-22(16-20)34-24-6-4-3-5-23(24)26(32-34)18-7-9-19(10-8-18)27(28,29)30/h2-10,15-17H,1,11-14H2,(H,31,35). The first-order chi connectivity index (χ1) is 17.3. The molecule has 1 aromatic heterocycles. The molecular weight excluding hydrogens is 469 g/mol. The van der Waals surface area contributed by atoms with Crippen molar-refractivity contribution in [2.75, 3.05) is 36.5 Å². The van der Waals surface area contributed by atoms with E-state index in [9.17, 15) is 18.0 Å². The summed E-state index contributed by atoms with van der Waals surface area (Å²) in [5, 5.41) is 8.43. The van der Waals surface area contributed by atoms with E-state index >= 15 is 0 Å². The maximum atomic E-state index is 13.1. The number of rotatable bonds is 5. The van der Waals surface area contributed by atoms with Gasteiger partial charge in [-0.2, -0.15) is 18.3 Å². The van der Waals surface area contributed by atoms with Crippen molar-refractivity contribution >= 4 is 28.2 Å². The van der Waals surface area contributed by atoms with Gasteiger partial charge in [0, 0.05) is 35.4 Å². The zero-order valence-electron chi connectivity index (χ0n) is 19.3. The van der Waals surface area contributed by atoms with Crippen LogP contribution in [0, 0.1) is 0 Å². The number of nitrogens with zero attached hydrogens (tertiary/aromatic N) is 3. The predicted octanol–water partition coefficient (Wildman–Crippen LogP) is 5.67. The van der Waals surface area contributed by atoms with E-state index in [1.165, 1.54) is 18.2 Å². The number of carbonyl (C=O) groups excluding carboxylic acids is 1. The van der Waals surface area contributed by atoms with Crippen LogP contribution in [0.15, 0.2) is 79.4 Å². The molecule has 1 aliphatic heterocycles. The van der Waals surface area contributed by atoms with Crippen LogP contribution in [0.4, 0.5) is 24.5 Å². The summed E-state index contributed by atoms with van der Waals surface area (Å²) in [7, 11) is 0. The van der Waals surface area contributed by atoms with Crippen molar-refractivity contribution < 1.29 is 22.7 Å². The van der Waals surface area contributed by atoms with Gasteiger partial charge in [0.25, 0.3) is 0 Å². The van der Waals surface area contributed by atoms with E-state index in [1.54, 1.807) is 10.7 Å². The lowest BCUT2D eigenvalue weighted by molar-refractivity contribution is -0.137. The molecule has 0 atom stereocenters. The molecule has 0 aliphatic carbocycles. The summed E-state index contributed by atoms with van der Waals surface area (Å²) >= 11 is 0. The number of morpholine rings is 1. The number of amides is 1. The van der Waals surface area contributed by atoms with Crippen molar-refractivity contribution in [3.05, 3.63) is 84.9 Å². The fourth-order valence-corrected chi connectivity index (χ4v) is 4.28. The molecule has 1 N–H and O–H groups in total. The van der Waals surface area contributed by atoms with Crippen molar-refractivity contribution in [3.8, 4) is 16.9 Å². The first-order valence-corrected chi connectivity index (χ1v) is 11.4. The van der Waals surface area contributed by atoms with Gasteiger partial charge in [0.2, 0.25) is 5.91 Å². The zero-order chi connectivity index (χ0) is 25.3. The Hall–Kier alpha value is -4.11. The molecule has 1 amide bonds. The molecule has 1 aliphatic rings. The highest BCUT2D eigenvalue weighted by molar-refractivity contribution is 5.99. The lowest BCUT2D eigenvalue weighted by Gasteiger charge is -2.29. The van der Waals surface area contributed by atoms with Crippen LogP contribution < -0.4 is 10.2 Å². The van der Waals surface area contributed by atoms with Gasteiger partial charge >= 0.3 is 6.18 Å². The van der Waals surface area contributed by atoms with Gasteiger partial charge in [-0.25, -0.2) is 4.68 Å². The number of halogens is 3. The Morgan fingerprint density at radius 3 is 2.39 bits per heavy atom. The molecule has 184 valence electrons. The number of carbonyl (C=O) groups is 1. The highest BCUT2D eigenvalue weighted by atomic mass is 19.4. The van der Waals surface area contributed by atoms with E-state index in [0.29, 0.717) is 48.9 Å². The fourth-order valence-electron chi connectivity index (χ4n) is 4.28. The third kappa shape index (κ3) is 4.70.